The Morgan fingerprint density at radius 2 is 2.27 bits per heavy atom. The first-order chi connectivity index (χ1) is 5.34. The predicted octanol–water partition coefficient (Wildman–Crippen LogP) is 1.15. The number of nitrogens with one attached hydrogen (secondary N) is 1. The van der Waals surface area contributed by atoms with Gasteiger partial charge in [0.25, 0.3) is 0 Å². The molecule has 0 spiro atoms. The van der Waals surface area contributed by atoms with Crippen LogP contribution in [-0.2, 0) is 0 Å². The van der Waals surface area contributed by atoms with Crippen LogP contribution in [0.25, 0.3) is 0 Å². The third-order valence-corrected chi connectivity index (χ3v) is 2.60. The van der Waals surface area contributed by atoms with E-state index in [1.165, 1.54) is 19.3 Å². The first-order valence-corrected chi connectivity index (χ1v) is 4.69. The third-order valence-electron chi connectivity index (χ3n) is 2.60. The lowest BCUT2D eigenvalue weighted by Crippen LogP contribution is -2.32. The van der Waals surface area contributed by atoms with Crippen molar-refractivity contribution in [3.63, 3.8) is 0 Å². The van der Waals surface area contributed by atoms with Crippen LogP contribution < -0.4 is 5.32 Å². The van der Waals surface area contributed by atoms with E-state index in [1.54, 1.807) is 0 Å². The van der Waals surface area contributed by atoms with E-state index >= 15 is 0 Å². The molecule has 0 heterocycles. The van der Waals surface area contributed by atoms with Gasteiger partial charge >= 0.3 is 0 Å². The van der Waals surface area contributed by atoms with Gasteiger partial charge in [-0.1, -0.05) is 13.3 Å². The van der Waals surface area contributed by atoms with Crippen LogP contribution in [0.2, 0.25) is 0 Å². The summed E-state index contributed by atoms with van der Waals surface area (Å²) in [5.74, 6) is 0.841. The summed E-state index contributed by atoms with van der Waals surface area (Å²) in [6.45, 7) is 3.60. The zero-order valence-electron chi connectivity index (χ0n) is 7.34. The molecular formula is C9H19NO. The molecule has 0 aromatic carbocycles. The van der Waals surface area contributed by atoms with E-state index in [9.17, 15) is 0 Å². The minimum absolute atomic E-state index is 0.314. The van der Waals surface area contributed by atoms with Crippen LogP contribution in [0, 0.1) is 5.92 Å². The molecule has 1 saturated carbocycles. The summed E-state index contributed by atoms with van der Waals surface area (Å²) in [6.07, 6.45) is 4.96. The van der Waals surface area contributed by atoms with Crippen LogP contribution in [-0.4, -0.2) is 24.3 Å². The maximum absolute atomic E-state index is 8.57. The summed E-state index contributed by atoms with van der Waals surface area (Å²) >= 11 is 0. The molecule has 0 radical (unpaired) electrons. The number of rotatable bonds is 4. The smallest absolute Gasteiger partial charge is 0.0443 e. The summed E-state index contributed by atoms with van der Waals surface area (Å²) in [5.41, 5.74) is 0. The average molecular weight is 157 g/mol. The van der Waals surface area contributed by atoms with Gasteiger partial charge in [0.2, 0.25) is 0 Å². The van der Waals surface area contributed by atoms with Crippen molar-refractivity contribution in [1.82, 2.24) is 5.32 Å². The van der Waals surface area contributed by atoms with Crippen molar-refractivity contribution in [2.24, 2.45) is 5.92 Å². The van der Waals surface area contributed by atoms with Gasteiger partial charge in [-0.05, 0) is 31.7 Å². The maximum atomic E-state index is 8.57. The lowest BCUT2D eigenvalue weighted by Gasteiger charge is -2.16. The molecule has 1 rings (SSSR count). The van der Waals surface area contributed by atoms with Gasteiger partial charge in [0.15, 0.2) is 0 Å². The number of hydrogen-bond acceptors (Lipinski definition) is 2. The molecule has 66 valence electrons. The molecule has 2 nitrogen and oxygen atoms in total. The number of hydrogen-bond donors (Lipinski definition) is 2. The highest BCUT2D eigenvalue weighted by atomic mass is 16.3. The van der Waals surface area contributed by atoms with Crippen molar-refractivity contribution in [1.29, 1.82) is 0 Å². The highest BCUT2D eigenvalue weighted by Crippen LogP contribution is 2.24. The molecule has 1 aliphatic carbocycles. The van der Waals surface area contributed by atoms with Crippen molar-refractivity contribution in [3.05, 3.63) is 0 Å². The molecule has 2 N–H and O–H groups in total. The minimum atomic E-state index is 0.314. The Labute approximate surface area is 69.0 Å². The van der Waals surface area contributed by atoms with Gasteiger partial charge in [-0.15, -0.1) is 0 Å². The summed E-state index contributed by atoms with van der Waals surface area (Å²) in [4.78, 5) is 0. The van der Waals surface area contributed by atoms with E-state index in [-0.39, 0.29) is 0 Å². The van der Waals surface area contributed by atoms with Gasteiger partial charge in [0.1, 0.15) is 0 Å². The van der Waals surface area contributed by atoms with Gasteiger partial charge in [-0.25, -0.2) is 0 Å². The Kier molecular flexibility index (Phi) is 3.87. The van der Waals surface area contributed by atoms with Gasteiger partial charge < -0.3 is 10.4 Å². The molecule has 0 amide bonds. The lowest BCUT2D eigenvalue weighted by atomic mass is 10.1. The highest BCUT2D eigenvalue weighted by Gasteiger charge is 2.21. The van der Waals surface area contributed by atoms with E-state index < -0.39 is 0 Å². The second-order valence-corrected chi connectivity index (χ2v) is 3.55. The summed E-state index contributed by atoms with van der Waals surface area (Å²) in [6, 6.07) is 0.724. The van der Waals surface area contributed by atoms with E-state index in [0.29, 0.717) is 6.61 Å². The van der Waals surface area contributed by atoms with Crippen molar-refractivity contribution < 1.29 is 5.11 Å². The van der Waals surface area contributed by atoms with E-state index in [4.69, 9.17) is 5.11 Å². The van der Waals surface area contributed by atoms with Crippen LogP contribution in [0.5, 0.6) is 0 Å². The second kappa shape index (κ2) is 4.73. The Bertz CT molecular complexity index is 106. The first kappa shape index (κ1) is 9.01. The number of aliphatic hydroxyl groups excluding tert-OH is 1. The molecule has 0 saturated heterocycles. The molecule has 2 atom stereocenters. The van der Waals surface area contributed by atoms with E-state index in [1.807, 2.05) is 0 Å². The van der Waals surface area contributed by atoms with Crippen LogP contribution in [0.15, 0.2) is 0 Å². The normalized spacial score (nSPS) is 31.1. The zero-order valence-corrected chi connectivity index (χ0v) is 7.34. The van der Waals surface area contributed by atoms with Crippen molar-refractivity contribution in [2.75, 3.05) is 13.2 Å². The highest BCUT2D eigenvalue weighted by molar-refractivity contribution is 4.79. The quantitative estimate of drug-likeness (QED) is 0.600. The predicted molar refractivity (Wildman–Crippen MR) is 46.5 cm³/mol. The van der Waals surface area contributed by atoms with Crippen LogP contribution >= 0.6 is 0 Å². The monoisotopic (exact) mass is 157 g/mol. The summed E-state index contributed by atoms with van der Waals surface area (Å²) in [7, 11) is 0. The first-order valence-electron chi connectivity index (χ1n) is 4.69. The molecule has 0 bridgehead atoms. The van der Waals surface area contributed by atoms with Crippen molar-refractivity contribution >= 4 is 0 Å². The lowest BCUT2D eigenvalue weighted by molar-refractivity contribution is 0.280. The van der Waals surface area contributed by atoms with Crippen molar-refractivity contribution in [2.45, 2.75) is 38.6 Å². The van der Waals surface area contributed by atoms with Gasteiger partial charge in [-0.3, -0.25) is 0 Å². The molecule has 1 fully saturated rings. The fourth-order valence-electron chi connectivity index (χ4n) is 1.82. The maximum Gasteiger partial charge on any atom is 0.0443 e. The molecule has 0 aromatic rings. The SMILES string of the molecule is C[C@@H]1CCC[C@@H]1NCCCO. The fraction of sp³-hybridized carbons (Fsp3) is 1.00. The third kappa shape index (κ3) is 2.80. The van der Waals surface area contributed by atoms with Gasteiger partial charge in [0, 0.05) is 12.6 Å². The minimum Gasteiger partial charge on any atom is -0.396 e. The Balaban J connectivity index is 2.05. The average Bonchev–Trinajstić information content (AvgIpc) is 2.37. The Hall–Kier alpha value is -0.0800. The molecule has 2 heteroatoms. The Morgan fingerprint density at radius 3 is 2.82 bits per heavy atom. The van der Waals surface area contributed by atoms with Gasteiger partial charge in [0.05, 0.1) is 0 Å². The van der Waals surface area contributed by atoms with Crippen LogP contribution in [0.1, 0.15) is 32.6 Å². The molecule has 1 aliphatic rings. The zero-order chi connectivity index (χ0) is 8.10. The number of aliphatic hydroxyl groups is 1. The summed E-state index contributed by atoms with van der Waals surface area (Å²) in [5, 5.41) is 12.0. The molecule has 0 aliphatic heterocycles. The standard InChI is InChI=1S/C9H19NO/c1-8-4-2-5-9(8)10-6-3-7-11/h8-11H,2-7H2,1H3/t8-,9+/m1/s1. The van der Waals surface area contributed by atoms with Crippen LogP contribution in [0.3, 0.4) is 0 Å². The van der Waals surface area contributed by atoms with E-state index in [2.05, 4.69) is 12.2 Å². The fourth-order valence-corrected chi connectivity index (χ4v) is 1.82. The molecular weight excluding hydrogens is 138 g/mol. The van der Waals surface area contributed by atoms with Gasteiger partial charge in [-0.2, -0.15) is 0 Å². The topological polar surface area (TPSA) is 32.3 Å². The molecule has 11 heavy (non-hydrogen) atoms. The Morgan fingerprint density at radius 1 is 1.45 bits per heavy atom. The van der Waals surface area contributed by atoms with E-state index in [0.717, 1.165) is 24.9 Å². The molecule has 0 unspecified atom stereocenters. The van der Waals surface area contributed by atoms with Crippen molar-refractivity contribution in [3.8, 4) is 0 Å². The summed E-state index contributed by atoms with van der Waals surface area (Å²) < 4.78 is 0. The second-order valence-electron chi connectivity index (χ2n) is 3.55. The van der Waals surface area contributed by atoms with Crippen LogP contribution in [0.4, 0.5) is 0 Å². The largest absolute Gasteiger partial charge is 0.396 e. The molecule has 0 aromatic heterocycles.